The highest BCUT2D eigenvalue weighted by molar-refractivity contribution is 5.77. The zero-order valence-electron chi connectivity index (χ0n) is 10.5. The van der Waals surface area contributed by atoms with Crippen molar-refractivity contribution in [3.63, 3.8) is 0 Å². The average Bonchev–Trinajstić information content (AvgIpc) is 3.08. The summed E-state index contributed by atoms with van der Waals surface area (Å²) in [6.07, 6.45) is 5.79. The van der Waals surface area contributed by atoms with Gasteiger partial charge in [0, 0.05) is 25.0 Å². The SMILES string of the molecule is CCNC(C)CC(=O)N(CC1CC1)C1CC1. The van der Waals surface area contributed by atoms with Crippen LogP contribution in [-0.4, -0.2) is 36.0 Å². The zero-order chi connectivity index (χ0) is 11.5. The van der Waals surface area contributed by atoms with Crippen molar-refractivity contribution in [2.75, 3.05) is 13.1 Å². The lowest BCUT2D eigenvalue weighted by Gasteiger charge is -2.24. The van der Waals surface area contributed by atoms with E-state index in [0.717, 1.165) is 19.0 Å². The Hall–Kier alpha value is -0.570. The molecule has 0 aromatic carbocycles. The maximum absolute atomic E-state index is 12.2. The third-order valence-electron chi connectivity index (χ3n) is 3.49. The fourth-order valence-corrected chi connectivity index (χ4v) is 2.22. The van der Waals surface area contributed by atoms with E-state index in [1.165, 1.54) is 25.7 Å². The van der Waals surface area contributed by atoms with Crippen LogP contribution in [0.2, 0.25) is 0 Å². The predicted octanol–water partition coefficient (Wildman–Crippen LogP) is 1.78. The van der Waals surface area contributed by atoms with Crippen molar-refractivity contribution < 1.29 is 4.79 Å². The molecule has 3 heteroatoms. The fraction of sp³-hybridized carbons (Fsp3) is 0.923. The van der Waals surface area contributed by atoms with Gasteiger partial charge in [0.1, 0.15) is 0 Å². The van der Waals surface area contributed by atoms with E-state index in [9.17, 15) is 4.79 Å². The van der Waals surface area contributed by atoms with E-state index < -0.39 is 0 Å². The maximum Gasteiger partial charge on any atom is 0.224 e. The van der Waals surface area contributed by atoms with Crippen LogP contribution in [0.25, 0.3) is 0 Å². The van der Waals surface area contributed by atoms with Crippen molar-refractivity contribution >= 4 is 5.91 Å². The second-order valence-corrected chi connectivity index (χ2v) is 5.38. The molecule has 2 aliphatic carbocycles. The first-order valence-electron chi connectivity index (χ1n) is 6.73. The van der Waals surface area contributed by atoms with Gasteiger partial charge in [-0.25, -0.2) is 0 Å². The fourth-order valence-electron chi connectivity index (χ4n) is 2.22. The van der Waals surface area contributed by atoms with Crippen LogP contribution in [0.3, 0.4) is 0 Å². The number of carbonyl (C=O) groups excluding carboxylic acids is 1. The van der Waals surface area contributed by atoms with Gasteiger partial charge in [-0.15, -0.1) is 0 Å². The Bertz CT molecular complexity index is 246. The zero-order valence-corrected chi connectivity index (χ0v) is 10.5. The molecule has 0 aromatic heterocycles. The van der Waals surface area contributed by atoms with Crippen LogP contribution < -0.4 is 5.32 Å². The van der Waals surface area contributed by atoms with Crippen molar-refractivity contribution in [3.8, 4) is 0 Å². The highest BCUT2D eigenvalue weighted by Gasteiger charge is 2.36. The van der Waals surface area contributed by atoms with Crippen LogP contribution >= 0.6 is 0 Å². The molecule has 2 saturated carbocycles. The summed E-state index contributed by atoms with van der Waals surface area (Å²) in [6, 6.07) is 0.903. The first-order chi connectivity index (χ1) is 7.70. The molecule has 0 spiro atoms. The molecule has 1 N–H and O–H groups in total. The average molecular weight is 224 g/mol. The summed E-state index contributed by atoms with van der Waals surface area (Å²) in [5, 5.41) is 3.31. The first kappa shape index (κ1) is 11.9. The summed E-state index contributed by atoms with van der Waals surface area (Å²) in [5.74, 6) is 1.18. The highest BCUT2D eigenvalue weighted by atomic mass is 16.2. The second-order valence-electron chi connectivity index (χ2n) is 5.38. The number of nitrogens with one attached hydrogen (secondary N) is 1. The number of amides is 1. The highest BCUT2D eigenvalue weighted by Crippen LogP contribution is 2.35. The molecule has 0 saturated heterocycles. The van der Waals surface area contributed by atoms with E-state index in [-0.39, 0.29) is 0 Å². The molecule has 1 atom stereocenters. The van der Waals surface area contributed by atoms with Gasteiger partial charge in [0.05, 0.1) is 0 Å². The molecule has 0 bridgehead atoms. The van der Waals surface area contributed by atoms with Gasteiger partial charge in [0.15, 0.2) is 0 Å². The van der Waals surface area contributed by atoms with Gasteiger partial charge in [0.2, 0.25) is 5.91 Å². The Morgan fingerprint density at radius 1 is 1.38 bits per heavy atom. The number of hydrogen-bond acceptors (Lipinski definition) is 2. The van der Waals surface area contributed by atoms with Gasteiger partial charge in [0.25, 0.3) is 0 Å². The third-order valence-corrected chi connectivity index (χ3v) is 3.49. The molecular weight excluding hydrogens is 200 g/mol. The largest absolute Gasteiger partial charge is 0.339 e. The summed E-state index contributed by atoms with van der Waals surface area (Å²) in [4.78, 5) is 14.3. The van der Waals surface area contributed by atoms with Gasteiger partial charge in [-0.05, 0) is 45.1 Å². The molecule has 1 amide bonds. The Balaban J connectivity index is 1.78. The van der Waals surface area contributed by atoms with Crippen molar-refractivity contribution in [1.29, 1.82) is 0 Å². The molecule has 2 rings (SSSR count). The molecule has 2 aliphatic rings. The van der Waals surface area contributed by atoms with Gasteiger partial charge >= 0.3 is 0 Å². The third kappa shape index (κ3) is 3.48. The predicted molar refractivity (Wildman–Crippen MR) is 65.2 cm³/mol. The molecule has 1 unspecified atom stereocenters. The molecule has 3 nitrogen and oxygen atoms in total. The lowest BCUT2D eigenvalue weighted by Crippen LogP contribution is -2.39. The summed E-state index contributed by atoms with van der Waals surface area (Å²) in [7, 11) is 0. The lowest BCUT2D eigenvalue weighted by atomic mass is 10.2. The summed E-state index contributed by atoms with van der Waals surface area (Å²) < 4.78 is 0. The number of hydrogen-bond donors (Lipinski definition) is 1. The smallest absolute Gasteiger partial charge is 0.224 e. The monoisotopic (exact) mass is 224 g/mol. The van der Waals surface area contributed by atoms with Gasteiger partial charge < -0.3 is 10.2 Å². The molecule has 92 valence electrons. The molecule has 0 heterocycles. The maximum atomic E-state index is 12.2. The van der Waals surface area contributed by atoms with Crippen LogP contribution in [0.15, 0.2) is 0 Å². The minimum atomic E-state index is 0.318. The summed E-state index contributed by atoms with van der Waals surface area (Å²) in [5.41, 5.74) is 0. The summed E-state index contributed by atoms with van der Waals surface area (Å²) >= 11 is 0. The van der Waals surface area contributed by atoms with E-state index in [1.54, 1.807) is 0 Å². The molecular formula is C13H24N2O. The normalized spacial score (nSPS) is 21.9. The van der Waals surface area contributed by atoms with Crippen molar-refractivity contribution in [2.24, 2.45) is 5.92 Å². The van der Waals surface area contributed by atoms with Crippen LogP contribution in [0, 0.1) is 5.92 Å². The second kappa shape index (κ2) is 5.17. The molecule has 0 radical (unpaired) electrons. The van der Waals surface area contributed by atoms with E-state index in [0.29, 0.717) is 24.4 Å². The molecule has 2 fully saturated rings. The molecule has 0 aromatic rings. The Kier molecular flexibility index (Phi) is 3.85. The van der Waals surface area contributed by atoms with E-state index >= 15 is 0 Å². The summed E-state index contributed by atoms with van der Waals surface area (Å²) in [6.45, 7) is 6.16. The topological polar surface area (TPSA) is 32.3 Å². The van der Waals surface area contributed by atoms with E-state index in [4.69, 9.17) is 0 Å². The minimum absolute atomic E-state index is 0.318. The minimum Gasteiger partial charge on any atom is -0.339 e. The standard InChI is InChI=1S/C13H24N2O/c1-3-14-10(2)8-13(16)15(12-6-7-12)9-11-4-5-11/h10-12,14H,3-9H2,1-2H3. The number of rotatable bonds is 7. The van der Waals surface area contributed by atoms with Crippen molar-refractivity contribution in [1.82, 2.24) is 10.2 Å². The molecule has 16 heavy (non-hydrogen) atoms. The van der Waals surface area contributed by atoms with Crippen LogP contribution in [0.5, 0.6) is 0 Å². The first-order valence-corrected chi connectivity index (χ1v) is 6.73. The van der Waals surface area contributed by atoms with Crippen LogP contribution in [-0.2, 0) is 4.79 Å². The number of nitrogens with zero attached hydrogens (tertiary/aromatic N) is 1. The number of carbonyl (C=O) groups is 1. The van der Waals surface area contributed by atoms with Crippen LogP contribution in [0.1, 0.15) is 46.0 Å². The van der Waals surface area contributed by atoms with Crippen molar-refractivity contribution in [2.45, 2.75) is 58.0 Å². The van der Waals surface area contributed by atoms with Gasteiger partial charge in [-0.2, -0.15) is 0 Å². The van der Waals surface area contributed by atoms with E-state index in [2.05, 4.69) is 24.1 Å². The Morgan fingerprint density at radius 2 is 2.06 bits per heavy atom. The molecule has 0 aliphatic heterocycles. The van der Waals surface area contributed by atoms with Gasteiger partial charge in [-0.1, -0.05) is 6.92 Å². The van der Waals surface area contributed by atoms with Gasteiger partial charge in [-0.3, -0.25) is 4.79 Å². The van der Waals surface area contributed by atoms with Crippen molar-refractivity contribution in [3.05, 3.63) is 0 Å². The van der Waals surface area contributed by atoms with E-state index in [1.807, 2.05) is 0 Å². The van der Waals surface area contributed by atoms with Crippen LogP contribution in [0.4, 0.5) is 0 Å². The Labute approximate surface area is 98.6 Å². The lowest BCUT2D eigenvalue weighted by molar-refractivity contribution is -0.132. The quantitative estimate of drug-likeness (QED) is 0.715. The Morgan fingerprint density at radius 3 is 2.56 bits per heavy atom.